The molecule has 1 aromatic rings. The van der Waals surface area contributed by atoms with Crippen LogP contribution in [-0.4, -0.2) is 0 Å². The fourth-order valence-electron chi connectivity index (χ4n) is 2.20. The topological polar surface area (TPSA) is 0 Å². The van der Waals surface area contributed by atoms with Gasteiger partial charge in [0.15, 0.2) is 0 Å². The lowest BCUT2D eigenvalue weighted by Gasteiger charge is -2.03. The monoisotopic (exact) mass is 190 g/mol. The molecule has 0 radical (unpaired) electrons. The van der Waals surface area contributed by atoms with Crippen LogP contribution in [0.25, 0.3) is 5.57 Å². The van der Waals surface area contributed by atoms with E-state index in [-0.39, 0.29) is 0 Å². The molecule has 2 aliphatic rings. The number of hydrogen-bond acceptors (Lipinski definition) is 0. The Kier molecular flexibility index (Phi) is 1.54. The van der Waals surface area contributed by atoms with Crippen molar-refractivity contribution in [3.63, 3.8) is 0 Å². The Morgan fingerprint density at radius 2 is 1.92 bits per heavy atom. The van der Waals surface area contributed by atoms with Crippen LogP contribution in [0.3, 0.4) is 0 Å². The van der Waals surface area contributed by atoms with Gasteiger partial charge in [0.2, 0.25) is 0 Å². The van der Waals surface area contributed by atoms with E-state index in [0.29, 0.717) is 0 Å². The zero-order chi connectivity index (χ0) is 8.84. The molecule has 2 unspecified atom stereocenters. The quantitative estimate of drug-likeness (QED) is 0.633. The van der Waals surface area contributed by atoms with E-state index in [2.05, 4.69) is 18.2 Å². The van der Waals surface area contributed by atoms with E-state index in [1.54, 1.807) is 0 Å². The van der Waals surface area contributed by atoms with Gasteiger partial charge in [0, 0.05) is 5.02 Å². The van der Waals surface area contributed by atoms with Crippen molar-refractivity contribution in [2.24, 2.45) is 11.8 Å². The van der Waals surface area contributed by atoms with Gasteiger partial charge in [0.25, 0.3) is 0 Å². The van der Waals surface area contributed by atoms with Gasteiger partial charge < -0.3 is 0 Å². The van der Waals surface area contributed by atoms with Gasteiger partial charge in [-0.05, 0) is 47.9 Å². The van der Waals surface area contributed by atoms with E-state index < -0.39 is 0 Å². The van der Waals surface area contributed by atoms with E-state index in [4.69, 9.17) is 11.6 Å². The second-order valence-corrected chi connectivity index (χ2v) is 4.50. The SMILES string of the molecule is Clc1ccc(C2=CC3CC3C2)cc1. The van der Waals surface area contributed by atoms with Crippen molar-refractivity contribution in [2.45, 2.75) is 12.8 Å². The van der Waals surface area contributed by atoms with Crippen molar-refractivity contribution in [2.75, 3.05) is 0 Å². The third-order valence-electron chi connectivity index (χ3n) is 3.09. The third-order valence-corrected chi connectivity index (χ3v) is 3.34. The minimum absolute atomic E-state index is 0.826. The summed E-state index contributed by atoms with van der Waals surface area (Å²) in [6.45, 7) is 0. The van der Waals surface area contributed by atoms with E-state index in [0.717, 1.165) is 16.9 Å². The van der Waals surface area contributed by atoms with Crippen LogP contribution in [0.5, 0.6) is 0 Å². The first-order valence-corrected chi connectivity index (χ1v) is 5.17. The minimum atomic E-state index is 0.826. The Bertz CT molecular complexity index is 361. The molecule has 0 amide bonds. The van der Waals surface area contributed by atoms with Gasteiger partial charge in [-0.25, -0.2) is 0 Å². The molecule has 2 aliphatic carbocycles. The summed E-state index contributed by atoms with van der Waals surface area (Å²) in [5.41, 5.74) is 2.88. The highest BCUT2D eigenvalue weighted by Crippen LogP contribution is 2.52. The van der Waals surface area contributed by atoms with Crippen molar-refractivity contribution in [1.82, 2.24) is 0 Å². The Morgan fingerprint density at radius 3 is 2.54 bits per heavy atom. The summed E-state index contributed by atoms with van der Waals surface area (Å²) < 4.78 is 0. The molecule has 1 heteroatoms. The second kappa shape index (κ2) is 2.62. The molecule has 1 fully saturated rings. The highest BCUT2D eigenvalue weighted by atomic mass is 35.5. The Hall–Kier alpha value is -0.750. The van der Waals surface area contributed by atoms with E-state index in [1.165, 1.54) is 24.0 Å². The zero-order valence-corrected chi connectivity index (χ0v) is 8.09. The molecule has 1 aromatic carbocycles. The molecular weight excluding hydrogens is 180 g/mol. The Labute approximate surface area is 83.2 Å². The van der Waals surface area contributed by atoms with Crippen molar-refractivity contribution in [1.29, 1.82) is 0 Å². The molecule has 2 atom stereocenters. The van der Waals surface area contributed by atoms with Crippen LogP contribution >= 0.6 is 11.6 Å². The summed E-state index contributed by atoms with van der Waals surface area (Å²) in [6, 6.07) is 8.20. The van der Waals surface area contributed by atoms with E-state index >= 15 is 0 Å². The first kappa shape index (κ1) is 7.64. The normalized spacial score (nSPS) is 29.8. The van der Waals surface area contributed by atoms with Gasteiger partial charge in [-0.15, -0.1) is 0 Å². The molecule has 0 N–H and O–H groups in total. The Balaban J connectivity index is 1.92. The molecule has 0 aromatic heterocycles. The van der Waals surface area contributed by atoms with Crippen LogP contribution in [0.4, 0.5) is 0 Å². The summed E-state index contributed by atoms with van der Waals surface area (Å²) in [6.07, 6.45) is 5.15. The molecule has 1 saturated carbocycles. The average Bonchev–Trinajstić information content (AvgIpc) is 2.75. The van der Waals surface area contributed by atoms with Crippen LogP contribution < -0.4 is 0 Å². The van der Waals surface area contributed by atoms with Crippen LogP contribution in [0.2, 0.25) is 5.02 Å². The molecule has 0 nitrogen and oxygen atoms in total. The maximum Gasteiger partial charge on any atom is 0.0406 e. The number of hydrogen-bond donors (Lipinski definition) is 0. The summed E-state index contributed by atoms with van der Waals surface area (Å²) in [5.74, 6) is 1.89. The van der Waals surface area contributed by atoms with Gasteiger partial charge in [0.1, 0.15) is 0 Å². The number of rotatable bonds is 1. The predicted octanol–water partition coefficient (Wildman–Crippen LogP) is 3.76. The number of fused-ring (bicyclic) bond motifs is 1. The lowest BCUT2D eigenvalue weighted by atomic mass is 10.0. The fraction of sp³-hybridized carbons (Fsp3) is 0.333. The molecule has 3 rings (SSSR count). The standard InChI is InChI=1S/C12H11Cl/c13-12-3-1-8(2-4-12)9-5-10-7-11(10)6-9/h1-5,10-11H,6-7H2. The maximum atomic E-state index is 5.84. The summed E-state index contributed by atoms with van der Waals surface area (Å²) >= 11 is 5.84. The molecule has 0 heterocycles. The van der Waals surface area contributed by atoms with Crippen molar-refractivity contribution in [3.8, 4) is 0 Å². The van der Waals surface area contributed by atoms with Gasteiger partial charge in [0.05, 0.1) is 0 Å². The number of halogens is 1. The molecule has 66 valence electrons. The van der Waals surface area contributed by atoms with E-state index in [9.17, 15) is 0 Å². The Morgan fingerprint density at radius 1 is 1.15 bits per heavy atom. The van der Waals surface area contributed by atoms with Crippen LogP contribution in [-0.2, 0) is 0 Å². The average molecular weight is 191 g/mol. The first-order chi connectivity index (χ1) is 6.33. The van der Waals surface area contributed by atoms with Gasteiger partial charge >= 0.3 is 0 Å². The predicted molar refractivity (Wildman–Crippen MR) is 55.6 cm³/mol. The highest BCUT2D eigenvalue weighted by molar-refractivity contribution is 6.30. The molecular formula is C12H11Cl. The van der Waals surface area contributed by atoms with Crippen LogP contribution in [0.1, 0.15) is 18.4 Å². The third kappa shape index (κ3) is 1.30. The molecule has 0 spiro atoms. The largest absolute Gasteiger partial charge is 0.0843 e. The lowest BCUT2D eigenvalue weighted by Crippen LogP contribution is -1.82. The van der Waals surface area contributed by atoms with Crippen molar-refractivity contribution in [3.05, 3.63) is 40.9 Å². The summed E-state index contributed by atoms with van der Waals surface area (Å²) in [7, 11) is 0. The molecule has 0 bridgehead atoms. The van der Waals surface area contributed by atoms with Crippen LogP contribution in [0, 0.1) is 11.8 Å². The first-order valence-electron chi connectivity index (χ1n) is 4.79. The summed E-state index contributed by atoms with van der Waals surface area (Å²) in [5, 5.41) is 0.826. The van der Waals surface area contributed by atoms with Crippen LogP contribution in [0.15, 0.2) is 30.3 Å². The molecule has 13 heavy (non-hydrogen) atoms. The van der Waals surface area contributed by atoms with Crippen molar-refractivity contribution >= 4 is 17.2 Å². The second-order valence-electron chi connectivity index (χ2n) is 4.06. The highest BCUT2D eigenvalue weighted by Gasteiger charge is 2.40. The maximum absolute atomic E-state index is 5.84. The van der Waals surface area contributed by atoms with Gasteiger partial charge in [-0.3, -0.25) is 0 Å². The van der Waals surface area contributed by atoms with Crippen molar-refractivity contribution < 1.29 is 0 Å². The van der Waals surface area contributed by atoms with E-state index in [1.807, 2.05) is 12.1 Å². The lowest BCUT2D eigenvalue weighted by molar-refractivity contribution is 0.862. The number of benzene rings is 1. The van der Waals surface area contributed by atoms with Gasteiger partial charge in [-0.2, -0.15) is 0 Å². The minimum Gasteiger partial charge on any atom is -0.0843 e. The molecule has 0 aliphatic heterocycles. The molecule has 0 saturated heterocycles. The fourth-order valence-corrected chi connectivity index (χ4v) is 2.32. The number of allylic oxidation sites excluding steroid dienone is 2. The van der Waals surface area contributed by atoms with Gasteiger partial charge in [-0.1, -0.05) is 29.8 Å². The zero-order valence-electron chi connectivity index (χ0n) is 7.33. The smallest absolute Gasteiger partial charge is 0.0406 e. The summed E-state index contributed by atoms with van der Waals surface area (Å²) in [4.78, 5) is 0.